The first-order chi connectivity index (χ1) is 11.3. The molecule has 0 saturated carbocycles. The normalized spacial score (nSPS) is 10.1. The number of anilines is 2. The number of nitrogens with zero attached hydrogens (tertiary/aromatic N) is 2. The maximum atomic E-state index is 12.1. The summed E-state index contributed by atoms with van der Waals surface area (Å²) in [4.78, 5) is 23.6. The number of benzene rings is 1. The second-order valence-electron chi connectivity index (χ2n) is 5.41. The number of carbonyl (C=O) groups is 2. The van der Waals surface area contributed by atoms with E-state index in [1.165, 1.54) is 24.8 Å². The molecule has 0 atom stereocenters. The number of amides is 1. The third-order valence-corrected chi connectivity index (χ3v) is 3.73. The average molecular weight is 326 g/mol. The predicted molar refractivity (Wildman–Crippen MR) is 90.0 cm³/mol. The van der Waals surface area contributed by atoms with Crippen molar-refractivity contribution in [2.45, 2.75) is 20.8 Å². The summed E-state index contributed by atoms with van der Waals surface area (Å²) in [7, 11) is 1.24. The van der Waals surface area contributed by atoms with Crippen LogP contribution < -0.4 is 11.1 Å². The van der Waals surface area contributed by atoms with Crippen molar-refractivity contribution in [3.05, 3.63) is 40.7 Å². The summed E-state index contributed by atoms with van der Waals surface area (Å²) >= 11 is 0. The summed E-state index contributed by atoms with van der Waals surface area (Å²) in [6, 6.07) is 5.56. The van der Waals surface area contributed by atoms with Crippen LogP contribution in [0.25, 0.3) is 5.69 Å². The molecule has 2 aromatic rings. The van der Waals surface area contributed by atoms with Crippen molar-refractivity contribution >= 4 is 23.3 Å². The van der Waals surface area contributed by atoms with E-state index in [0.29, 0.717) is 11.4 Å². The van der Waals surface area contributed by atoms with Gasteiger partial charge in [-0.25, -0.2) is 4.79 Å². The van der Waals surface area contributed by atoms with E-state index < -0.39 is 5.97 Å². The molecular weight excluding hydrogens is 308 g/mol. The number of hydrogen-bond acceptors (Lipinski definition) is 5. The maximum Gasteiger partial charge on any atom is 0.357 e. The zero-order valence-corrected chi connectivity index (χ0v) is 13.9. The molecule has 0 spiro atoms. The highest BCUT2D eigenvalue weighted by atomic mass is 16.5. The summed E-state index contributed by atoms with van der Waals surface area (Å²) in [5.74, 6) is -0.916. The Balaban J connectivity index is 2.81. The number of hydrogen-bond donors (Lipinski definition) is 2. The quantitative estimate of drug-likeness (QED) is 0.841. The molecule has 7 nitrogen and oxygen atoms in total. The fourth-order valence-corrected chi connectivity index (χ4v) is 2.39. The molecule has 7 heteroatoms. The van der Waals surface area contributed by atoms with E-state index in [2.05, 4.69) is 5.32 Å². The molecule has 0 aliphatic rings. The largest absolute Gasteiger partial charge is 0.464 e. The molecule has 0 radical (unpaired) electrons. The minimum absolute atomic E-state index is 0.0383. The summed E-state index contributed by atoms with van der Waals surface area (Å²) in [5.41, 5.74) is 9.13. The Bertz CT molecular complexity index is 875. The molecule has 0 bridgehead atoms. The third kappa shape index (κ3) is 2.94. The second kappa shape index (κ2) is 6.46. The predicted octanol–water partition coefficient (Wildman–Crippen LogP) is 2.29. The number of aromatic nitrogens is 1. The molecule has 1 aromatic heterocycles. The summed E-state index contributed by atoms with van der Waals surface area (Å²) in [6.07, 6.45) is 1.46. The monoisotopic (exact) mass is 326 g/mol. The van der Waals surface area contributed by atoms with Crippen LogP contribution in [0, 0.1) is 25.2 Å². The Hall–Kier alpha value is -3.27. The number of esters is 1. The van der Waals surface area contributed by atoms with Crippen LogP contribution in [-0.4, -0.2) is 23.6 Å². The van der Waals surface area contributed by atoms with E-state index in [1.807, 2.05) is 26.0 Å². The molecule has 1 amide bonds. The van der Waals surface area contributed by atoms with Gasteiger partial charge < -0.3 is 20.4 Å². The second-order valence-corrected chi connectivity index (χ2v) is 5.41. The Kier molecular flexibility index (Phi) is 4.60. The fourth-order valence-electron chi connectivity index (χ4n) is 2.39. The molecule has 0 unspecified atom stereocenters. The van der Waals surface area contributed by atoms with Gasteiger partial charge in [-0.1, -0.05) is 0 Å². The van der Waals surface area contributed by atoms with E-state index in [9.17, 15) is 14.9 Å². The summed E-state index contributed by atoms with van der Waals surface area (Å²) < 4.78 is 6.25. The first-order valence-corrected chi connectivity index (χ1v) is 7.18. The van der Waals surface area contributed by atoms with E-state index >= 15 is 0 Å². The molecule has 0 aliphatic heterocycles. The van der Waals surface area contributed by atoms with Gasteiger partial charge in [0, 0.05) is 13.1 Å². The van der Waals surface area contributed by atoms with Crippen molar-refractivity contribution in [3.63, 3.8) is 0 Å². The number of nitrogen functional groups attached to an aromatic ring is 1. The highest BCUT2D eigenvalue weighted by Gasteiger charge is 2.23. The molecule has 1 heterocycles. The zero-order chi connectivity index (χ0) is 18.0. The zero-order valence-electron chi connectivity index (χ0n) is 13.9. The van der Waals surface area contributed by atoms with Crippen molar-refractivity contribution in [2.24, 2.45) is 0 Å². The van der Waals surface area contributed by atoms with Crippen molar-refractivity contribution < 1.29 is 14.3 Å². The van der Waals surface area contributed by atoms with Crippen LogP contribution in [0.1, 0.15) is 34.1 Å². The Labute approximate surface area is 139 Å². The van der Waals surface area contributed by atoms with Gasteiger partial charge in [-0.15, -0.1) is 0 Å². The van der Waals surface area contributed by atoms with E-state index in [0.717, 1.165) is 11.1 Å². The van der Waals surface area contributed by atoms with Crippen molar-refractivity contribution in [2.75, 3.05) is 18.2 Å². The lowest BCUT2D eigenvalue weighted by Gasteiger charge is -2.16. The van der Waals surface area contributed by atoms with Crippen molar-refractivity contribution in [1.82, 2.24) is 4.57 Å². The number of nitrogens with one attached hydrogen (secondary N) is 1. The first kappa shape index (κ1) is 17.1. The lowest BCUT2D eigenvalue weighted by molar-refractivity contribution is -0.114. The molecule has 1 aromatic carbocycles. The molecule has 0 aliphatic carbocycles. The molecule has 3 N–H and O–H groups in total. The topological polar surface area (TPSA) is 110 Å². The lowest BCUT2D eigenvalue weighted by Crippen LogP contribution is -2.14. The van der Waals surface area contributed by atoms with Gasteiger partial charge in [-0.2, -0.15) is 5.26 Å². The minimum atomic E-state index is -0.666. The van der Waals surface area contributed by atoms with Crippen LogP contribution in [0.2, 0.25) is 0 Å². The first-order valence-electron chi connectivity index (χ1n) is 7.18. The highest BCUT2D eigenvalue weighted by molar-refractivity contribution is 5.97. The van der Waals surface area contributed by atoms with Crippen LogP contribution in [0.15, 0.2) is 18.3 Å². The van der Waals surface area contributed by atoms with Crippen LogP contribution in [-0.2, 0) is 9.53 Å². The van der Waals surface area contributed by atoms with Gasteiger partial charge in [0.1, 0.15) is 6.07 Å². The van der Waals surface area contributed by atoms with Gasteiger partial charge in [0.05, 0.1) is 29.7 Å². The molecular formula is C17H18N4O3. The number of aryl methyl sites for hydroxylation is 2. The number of nitriles is 1. The third-order valence-electron chi connectivity index (χ3n) is 3.73. The molecule has 124 valence electrons. The summed E-state index contributed by atoms with van der Waals surface area (Å²) in [6.45, 7) is 5.22. The van der Waals surface area contributed by atoms with Gasteiger partial charge in [-0.05, 0) is 37.1 Å². The highest BCUT2D eigenvalue weighted by Crippen LogP contribution is 2.30. The van der Waals surface area contributed by atoms with Crippen LogP contribution in [0.5, 0.6) is 0 Å². The number of nitrogens with two attached hydrogens (primary N) is 1. The van der Waals surface area contributed by atoms with Crippen molar-refractivity contribution in [3.8, 4) is 11.8 Å². The number of carbonyl (C=O) groups excluding carboxylic acids is 2. The Morgan fingerprint density at radius 3 is 2.46 bits per heavy atom. The standard InChI is InChI=1S/C17H18N4O3/c1-9-5-13(20-11(3)22)14(6-10(9)2)21-8-12(7-18)15(19)16(21)17(23)24-4/h5-6,8H,19H2,1-4H3,(H,20,22). The van der Waals surface area contributed by atoms with Gasteiger partial charge in [-0.3, -0.25) is 4.79 Å². The van der Waals surface area contributed by atoms with E-state index in [-0.39, 0.29) is 22.9 Å². The van der Waals surface area contributed by atoms with Crippen LogP contribution >= 0.6 is 0 Å². The molecule has 0 saturated heterocycles. The summed E-state index contributed by atoms with van der Waals surface area (Å²) in [5, 5.41) is 11.9. The van der Waals surface area contributed by atoms with Gasteiger partial charge in [0.25, 0.3) is 0 Å². The number of methoxy groups -OCH3 is 1. The molecule has 0 fully saturated rings. The molecule has 2 rings (SSSR count). The smallest absolute Gasteiger partial charge is 0.357 e. The lowest BCUT2D eigenvalue weighted by atomic mass is 10.1. The Morgan fingerprint density at radius 2 is 1.92 bits per heavy atom. The minimum Gasteiger partial charge on any atom is -0.464 e. The maximum absolute atomic E-state index is 12.1. The SMILES string of the molecule is COC(=O)c1c(N)c(C#N)cn1-c1cc(C)c(C)cc1NC(C)=O. The Morgan fingerprint density at radius 1 is 1.29 bits per heavy atom. The molecule has 24 heavy (non-hydrogen) atoms. The number of ether oxygens (including phenoxy) is 1. The van der Waals surface area contributed by atoms with E-state index in [1.54, 1.807) is 6.07 Å². The fraction of sp³-hybridized carbons (Fsp3) is 0.235. The van der Waals surface area contributed by atoms with Crippen molar-refractivity contribution in [1.29, 1.82) is 5.26 Å². The number of rotatable bonds is 3. The van der Waals surface area contributed by atoms with Gasteiger partial charge >= 0.3 is 5.97 Å². The van der Waals surface area contributed by atoms with E-state index in [4.69, 9.17) is 10.5 Å². The van der Waals surface area contributed by atoms with Gasteiger partial charge in [0.15, 0.2) is 5.69 Å². The van der Waals surface area contributed by atoms with Crippen LogP contribution in [0.4, 0.5) is 11.4 Å². The van der Waals surface area contributed by atoms with Crippen LogP contribution in [0.3, 0.4) is 0 Å². The van der Waals surface area contributed by atoms with Gasteiger partial charge in [0.2, 0.25) is 5.91 Å². The average Bonchev–Trinajstić information content (AvgIpc) is 2.86.